The van der Waals surface area contributed by atoms with Crippen molar-refractivity contribution >= 4 is 34.3 Å². The monoisotopic (exact) mass is 359 g/mol. The largest absolute Gasteiger partial charge is 0.321 e. The van der Waals surface area contributed by atoms with Crippen LogP contribution in [0, 0.1) is 0 Å². The summed E-state index contributed by atoms with van der Waals surface area (Å²) in [7, 11) is 0. The number of likely N-dealkylation sites (tertiary alicyclic amines) is 1. The number of hydrogen-bond donors (Lipinski definition) is 1. The molecule has 27 heavy (non-hydrogen) atoms. The van der Waals surface area contributed by atoms with Gasteiger partial charge in [-0.2, -0.15) is 0 Å². The van der Waals surface area contributed by atoms with Gasteiger partial charge in [0.05, 0.1) is 23.9 Å². The molecule has 0 aliphatic carbocycles. The van der Waals surface area contributed by atoms with E-state index in [4.69, 9.17) is 0 Å². The van der Waals surface area contributed by atoms with Crippen molar-refractivity contribution in [1.82, 2.24) is 9.88 Å². The Balaban J connectivity index is 1.45. The molecule has 2 heterocycles. The molecule has 3 aromatic rings. The van der Waals surface area contributed by atoms with E-state index in [-0.39, 0.29) is 37.1 Å². The van der Waals surface area contributed by atoms with E-state index in [9.17, 15) is 14.4 Å². The minimum atomic E-state index is -0.244. The van der Waals surface area contributed by atoms with E-state index in [1.807, 2.05) is 30.3 Å². The van der Waals surface area contributed by atoms with Gasteiger partial charge in [-0.1, -0.05) is 30.3 Å². The zero-order chi connectivity index (χ0) is 18.8. The van der Waals surface area contributed by atoms with E-state index >= 15 is 0 Å². The number of imide groups is 1. The van der Waals surface area contributed by atoms with Gasteiger partial charge in [0.15, 0.2) is 0 Å². The standard InChI is InChI=1S/C21H17N3O3/c25-19-9-10-20(26)24(19)13-14-5-7-15(8-6-14)21(27)23-17-11-16-3-1-2-4-18(16)22-12-17/h1-8,11-12H,9-10,13H2,(H,23,27). The van der Waals surface area contributed by atoms with Gasteiger partial charge >= 0.3 is 0 Å². The number of carbonyl (C=O) groups is 3. The number of anilines is 1. The predicted molar refractivity (Wildman–Crippen MR) is 101 cm³/mol. The maximum absolute atomic E-state index is 12.5. The first kappa shape index (κ1) is 16.9. The Morgan fingerprint density at radius 1 is 1.00 bits per heavy atom. The summed E-state index contributed by atoms with van der Waals surface area (Å²) in [6, 6.07) is 16.4. The van der Waals surface area contributed by atoms with Crippen LogP contribution in [-0.2, 0) is 16.1 Å². The molecule has 6 heteroatoms. The maximum Gasteiger partial charge on any atom is 0.255 e. The van der Waals surface area contributed by atoms with E-state index in [1.165, 1.54) is 4.90 Å². The fourth-order valence-electron chi connectivity index (χ4n) is 3.09. The van der Waals surface area contributed by atoms with Crippen LogP contribution < -0.4 is 5.32 Å². The van der Waals surface area contributed by atoms with E-state index < -0.39 is 0 Å². The number of benzene rings is 2. The van der Waals surface area contributed by atoms with E-state index in [0.29, 0.717) is 11.3 Å². The van der Waals surface area contributed by atoms with Gasteiger partial charge < -0.3 is 5.32 Å². The third kappa shape index (κ3) is 3.55. The molecule has 1 fully saturated rings. The lowest BCUT2D eigenvalue weighted by Crippen LogP contribution is -2.28. The molecule has 4 rings (SSSR count). The highest BCUT2D eigenvalue weighted by molar-refractivity contribution is 6.05. The lowest BCUT2D eigenvalue weighted by atomic mass is 10.1. The van der Waals surface area contributed by atoms with Crippen LogP contribution in [-0.4, -0.2) is 27.6 Å². The van der Waals surface area contributed by atoms with Gasteiger partial charge in [0.25, 0.3) is 5.91 Å². The minimum Gasteiger partial charge on any atom is -0.321 e. The van der Waals surface area contributed by atoms with Gasteiger partial charge in [-0.05, 0) is 29.8 Å². The van der Waals surface area contributed by atoms with Crippen molar-refractivity contribution in [2.24, 2.45) is 0 Å². The third-order valence-corrected chi connectivity index (χ3v) is 4.56. The van der Waals surface area contributed by atoms with Crippen LogP contribution in [0.1, 0.15) is 28.8 Å². The molecule has 1 saturated heterocycles. The molecule has 0 radical (unpaired) electrons. The van der Waals surface area contributed by atoms with Crippen LogP contribution in [0.15, 0.2) is 60.8 Å². The highest BCUT2D eigenvalue weighted by Gasteiger charge is 2.28. The van der Waals surface area contributed by atoms with Crippen molar-refractivity contribution in [3.63, 3.8) is 0 Å². The molecule has 0 unspecified atom stereocenters. The number of carbonyl (C=O) groups excluding carboxylic acids is 3. The van der Waals surface area contributed by atoms with Crippen LogP contribution in [0.2, 0.25) is 0 Å². The van der Waals surface area contributed by atoms with E-state index in [2.05, 4.69) is 10.3 Å². The van der Waals surface area contributed by atoms with Crippen LogP contribution >= 0.6 is 0 Å². The number of fused-ring (bicyclic) bond motifs is 1. The molecule has 1 N–H and O–H groups in total. The summed E-state index contributed by atoms with van der Waals surface area (Å²) in [5, 5.41) is 3.79. The van der Waals surface area contributed by atoms with Gasteiger partial charge in [0, 0.05) is 23.8 Å². The quantitative estimate of drug-likeness (QED) is 0.726. The van der Waals surface area contributed by atoms with Gasteiger partial charge in [-0.3, -0.25) is 24.3 Å². The fraction of sp³-hybridized carbons (Fsp3) is 0.143. The first-order valence-corrected chi connectivity index (χ1v) is 8.68. The molecule has 1 aliphatic rings. The topological polar surface area (TPSA) is 79.4 Å². The van der Waals surface area contributed by atoms with Crippen molar-refractivity contribution in [3.8, 4) is 0 Å². The van der Waals surface area contributed by atoms with Crippen LogP contribution in [0.3, 0.4) is 0 Å². The van der Waals surface area contributed by atoms with Crippen molar-refractivity contribution < 1.29 is 14.4 Å². The number of rotatable bonds is 4. The number of hydrogen-bond acceptors (Lipinski definition) is 4. The summed E-state index contributed by atoms with van der Waals surface area (Å²) < 4.78 is 0. The summed E-state index contributed by atoms with van der Waals surface area (Å²) in [6.45, 7) is 0.244. The summed E-state index contributed by atoms with van der Waals surface area (Å²) in [5.74, 6) is -0.539. The van der Waals surface area contributed by atoms with Gasteiger partial charge in [0.2, 0.25) is 11.8 Å². The smallest absolute Gasteiger partial charge is 0.255 e. The second-order valence-corrected chi connectivity index (χ2v) is 6.44. The van der Waals surface area contributed by atoms with Crippen molar-refractivity contribution in [2.75, 3.05) is 5.32 Å². The summed E-state index contributed by atoms with van der Waals surface area (Å²) in [6.07, 6.45) is 2.18. The molecule has 0 atom stereocenters. The van der Waals surface area contributed by atoms with E-state index in [0.717, 1.165) is 16.5 Å². The Kier molecular flexibility index (Phi) is 4.38. The van der Waals surface area contributed by atoms with Crippen molar-refractivity contribution in [3.05, 3.63) is 71.9 Å². The molecule has 1 aromatic heterocycles. The van der Waals surface area contributed by atoms with Crippen molar-refractivity contribution in [1.29, 1.82) is 0 Å². The number of amides is 3. The lowest BCUT2D eigenvalue weighted by Gasteiger charge is -2.14. The van der Waals surface area contributed by atoms with E-state index in [1.54, 1.807) is 30.5 Å². The van der Waals surface area contributed by atoms with Crippen LogP contribution in [0.25, 0.3) is 10.9 Å². The van der Waals surface area contributed by atoms with Gasteiger partial charge in [-0.15, -0.1) is 0 Å². The Morgan fingerprint density at radius 2 is 1.70 bits per heavy atom. The number of nitrogens with zero attached hydrogens (tertiary/aromatic N) is 2. The molecular formula is C21H17N3O3. The molecule has 3 amide bonds. The first-order valence-electron chi connectivity index (χ1n) is 8.68. The van der Waals surface area contributed by atoms with Gasteiger partial charge in [-0.25, -0.2) is 0 Å². The number of para-hydroxylation sites is 1. The molecular weight excluding hydrogens is 342 g/mol. The minimum absolute atomic E-state index is 0.148. The third-order valence-electron chi connectivity index (χ3n) is 4.56. The molecule has 2 aromatic carbocycles. The maximum atomic E-state index is 12.5. The number of pyridine rings is 1. The Hall–Kier alpha value is -3.54. The fourth-order valence-corrected chi connectivity index (χ4v) is 3.09. The number of nitrogens with one attached hydrogen (secondary N) is 1. The van der Waals surface area contributed by atoms with Crippen molar-refractivity contribution in [2.45, 2.75) is 19.4 Å². The van der Waals surface area contributed by atoms with Crippen LogP contribution in [0.4, 0.5) is 5.69 Å². The summed E-state index contributed by atoms with van der Waals surface area (Å²) >= 11 is 0. The van der Waals surface area contributed by atoms with Crippen LogP contribution in [0.5, 0.6) is 0 Å². The summed E-state index contributed by atoms with van der Waals surface area (Å²) in [4.78, 5) is 41.4. The molecule has 0 spiro atoms. The Morgan fingerprint density at radius 3 is 2.44 bits per heavy atom. The zero-order valence-electron chi connectivity index (χ0n) is 14.5. The Bertz CT molecular complexity index is 1030. The molecule has 1 aliphatic heterocycles. The average Bonchev–Trinajstić information content (AvgIpc) is 3.00. The highest BCUT2D eigenvalue weighted by Crippen LogP contribution is 2.18. The Labute approximate surface area is 155 Å². The first-order chi connectivity index (χ1) is 13.1. The van der Waals surface area contributed by atoms with Gasteiger partial charge in [0.1, 0.15) is 0 Å². The normalized spacial score (nSPS) is 14.0. The zero-order valence-corrected chi connectivity index (χ0v) is 14.5. The second-order valence-electron chi connectivity index (χ2n) is 6.44. The summed E-state index contributed by atoms with van der Waals surface area (Å²) in [5.41, 5.74) is 2.79. The SMILES string of the molecule is O=C(Nc1cnc2ccccc2c1)c1ccc(CN2C(=O)CCC2=O)cc1. The highest BCUT2D eigenvalue weighted by atomic mass is 16.2. The second kappa shape index (κ2) is 6.99. The molecule has 134 valence electrons. The lowest BCUT2D eigenvalue weighted by molar-refractivity contribution is -0.139. The molecule has 0 bridgehead atoms. The molecule has 0 saturated carbocycles. The molecule has 6 nitrogen and oxygen atoms in total. The number of aromatic nitrogens is 1. The predicted octanol–water partition coefficient (Wildman–Crippen LogP) is 3.14. The average molecular weight is 359 g/mol.